The molecule has 0 aliphatic heterocycles. The molecule has 0 saturated heterocycles. The largest absolute Gasteiger partial charge is 0.319 e. The van der Waals surface area contributed by atoms with Gasteiger partial charge in [-0.3, -0.25) is 4.79 Å². The van der Waals surface area contributed by atoms with E-state index in [0.29, 0.717) is 5.56 Å². The molecule has 2 aromatic rings. The van der Waals surface area contributed by atoms with E-state index in [1.54, 1.807) is 6.07 Å². The lowest BCUT2D eigenvalue weighted by Crippen LogP contribution is -2.14. The molecule has 1 N–H and O–H groups in total. The van der Waals surface area contributed by atoms with Crippen LogP contribution in [0.1, 0.15) is 27.0 Å². The normalized spacial score (nSPS) is 9.90. The zero-order chi connectivity index (χ0) is 14.7. The Morgan fingerprint density at radius 1 is 1.20 bits per heavy atom. The van der Waals surface area contributed by atoms with Crippen LogP contribution in [0.4, 0.5) is 10.1 Å². The third-order valence-electron chi connectivity index (χ3n) is 2.97. The second-order valence-electron chi connectivity index (χ2n) is 4.58. The second-order valence-corrected chi connectivity index (χ2v) is 4.58. The van der Waals surface area contributed by atoms with E-state index in [1.165, 1.54) is 12.1 Å². The number of anilines is 1. The van der Waals surface area contributed by atoms with Gasteiger partial charge < -0.3 is 5.32 Å². The van der Waals surface area contributed by atoms with Crippen LogP contribution in [0.25, 0.3) is 0 Å². The Morgan fingerprint density at radius 3 is 2.55 bits per heavy atom. The summed E-state index contributed by atoms with van der Waals surface area (Å²) in [4.78, 5) is 12.1. The van der Waals surface area contributed by atoms with Crippen LogP contribution in [0.2, 0.25) is 0 Å². The minimum absolute atomic E-state index is 0.0639. The average Bonchev–Trinajstić information content (AvgIpc) is 2.40. The van der Waals surface area contributed by atoms with Crippen molar-refractivity contribution in [3.8, 4) is 6.07 Å². The van der Waals surface area contributed by atoms with Crippen molar-refractivity contribution in [2.45, 2.75) is 13.8 Å². The van der Waals surface area contributed by atoms with Crippen LogP contribution in [0, 0.1) is 31.0 Å². The van der Waals surface area contributed by atoms with E-state index >= 15 is 0 Å². The Bertz CT molecular complexity index is 717. The molecular weight excluding hydrogens is 255 g/mol. The van der Waals surface area contributed by atoms with Gasteiger partial charge in [0.15, 0.2) is 0 Å². The van der Waals surface area contributed by atoms with Crippen LogP contribution >= 0.6 is 0 Å². The number of nitrogens with zero attached hydrogens (tertiary/aromatic N) is 1. The highest BCUT2D eigenvalue weighted by Crippen LogP contribution is 2.18. The summed E-state index contributed by atoms with van der Waals surface area (Å²) in [6.07, 6.45) is 0. The number of aryl methyl sites for hydroxylation is 2. The number of hydrogen-bond donors (Lipinski definition) is 1. The summed E-state index contributed by atoms with van der Waals surface area (Å²) < 4.78 is 13.7. The fourth-order valence-electron chi connectivity index (χ4n) is 1.94. The zero-order valence-electron chi connectivity index (χ0n) is 11.2. The number of halogens is 1. The molecule has 0 unspecified atom stereocenters. The molecule has 0 spiro atoms. The molecule has 0 aromatic heterocycles. The fourth-order valence-corrected chi connectivity index (χ4v) is 1.94. The molecule has 0 bridgehead atoms. The molecule has 0 fully saturated rings. The summed E-state index contributed by atoms with van der Waals surface area (Å²) >= 11 is 0. The van der Waals surface area contributed by atoms with Crippen LogP contribution in [-0.2, 0) is 0 Å². The molecule has 0 atom stereocenters. The Labute approximate surface area is 116 Å². The topological polar surface area (TPSA) is 52.9 Å². The Balaban J connectivity index is 2.26. The maximum absolute atomic E-state index is 13.7. The lowest BCUT2D eigenvalue weighted by Gasteiger charge is -2.09. The van der Waals surface area contributed by atoms with Gasteiger partial charge in [-0.25, -0.2) is 4.39 Å². The van der Waals surface area contributed by atoms with Crippen molar-refractivity contribution < 1.29 is 9.18 Å². The molecule has 2 rings (SSSR count). The Hall–Kier alpha value is -2.67. The molecule has 1 amide bonds. The maximum Gasteiger partial charge on any atom is 0.256 e. The molecule has 0 aliphatic rings. The predicted molar refractivity (Wildman–Crippen MR) is 75.0 cm³/mol. The van der Waals surface area contributed by atoms with Gasteiger partial charge in [-0.2, -0.15) is 5.26 Å². The van der Waals surface area contributed by atoms with E-state index in [2.05, 4.69) is 5.32 Å². The first kappa shape index (κ1) is 13.8. The number of rotatable bonds is 2. The summed E-state index contributed by atoms with van der Waals surface area (Å²) in [6, 6.07) is 11.2. The van der Waals surface area contributed by atoms with Crippen molar-refractivity contribution in [1.29, 1.82) is 5.26 Å². The number of benzene rings is 2. The van der Waals surface area contributed by atoms with Gasteiger partial charge in [0, 0.05) is 5.56 Å². The highest BCUT2D eigenvalue weighted by molar-refractivity contribution is 6.05. The van der Waals surface area contributed by atoms with E-state index in [-0.39, 0.29) is 17.2 Å². The van der Waals surface area contributed by atoms with E-state index in [4.69, 9.17) is 5.26 Å². The quantitative estimate of drug-likeness (QED) is 0.905. The third-order valence-corrected chi connectivity index (χ3v) is 2.97. The molecule has 0 saturated carbocycles. The van der Waals surface area contributed by atoms with Crippen LogP contribution in [-0.4, -0.2) is 5.91 Å². The standard InChI is InChI=1S/C16H13FN2O/c1-10-3-5-13(11(2)7-10)16(20)19-15-6-4-12(9-18)8-14(15)17/h3-8H,1-2H3,(H,19,20). The summed E-state index contributed by atoms with van der Waals surface area (Å²) in [5, 5.41) is 11.2. The van der Waals surface area contributed by atoms with Gasteiger partial charge in [0.25, 0.3) is 5.91 Å². The van der Waals surface area contributed by atoms with Gasteiger partial charge in [0.1, 0.15) is 5.82 Å². The lowest BCUT2D eigenvalue weighted by atomic mass is 10.1. The van der Waals surface area contributed by atoms with Crippen molar-refractivity contribution in [3.63, 3.8) is 0 Å². The first-order chi connectivity index (χ1) is 9.51. The second kappa shape index (κ2) is 5.54. The minimum atomic E-state index is -0.623. The number of hydrogen-bond acceptors (Lipinski definition) is 2. The number of carbonyl (C=O) groups excluding carboxylic acids is 1. The van der Waals surface area contributed by atoms with Crippen LogP contribution in [0.5, 0.6) is 0 Å². The average molecular weight is 268 g/mol. The van der Waals surface area contributed by atoms with Crippen molar-refractivity contribution >= 4 is 11.6 Å². The van der Waals surface area contributed by atoms with Gasteiger partial charge in [-0.1, -0.05) is 17.7 Å². The molecule has 0 heterocycles. The fraction of sp³-hybridized carbons (Fsp3) is 0.125. The number of nitrogens with one attached hydrogen (secondary N) is 1. The highest BCUT2D eigenvalue weighted by atomic mass is 19.1. The van der Waals surface area contributed by atoms with Gasteiger partial charge in [-0.05, 0) is 43.7 Å². The first-order valence-electron chi connectivity index (χ1n) is 6.09. The summed E-state index contributed by atoms with van der Waals surface area (Å²) in [6.45, 7) is 3.77. The van der Waals surface area contributed by atoms with E-state index < -0.39 is 5.82 Å². The molecule has 3 nitrogen and oxygen atoms in total. The monoisotopic (exact) mass is 268 g/mol. The molecule has 2 aromatic carbocycles. The molecule has 100 valence electrons. The summed E-state index contributed by atoms with van der Waals surface area (Å²) in [5.74, 6) is -0.992. The van der Waals surface area contributed by atoms with Crippen molar-refractivity contribution in [2.24, 2.45) is 0 Å². The van der Waals surface area contributed by atoms with Crippen molar-refractivity contribution in [2.75, 3.05) is 5.32 Å². The third kappa shape index (κ3) is 2.83. The Morgan fingerprint density at radius 2 is 1.95 bits per heavy atom. The van der Waals surface area contributed by atoms with Crippen LogP contribution in [0.15, 0.2) is 36.4 Å². The maximum atomic E-state index is 13.7. The summed E-state index contributed by atoms with van der Waals surface area (Å²) in [7, 11) is 0. The van der Waals surface area contributed by atoms with Gasteiger partial charge >= 0.3 is 0 Å². The minimum Gasteiger partial charge on any atom is -0.319 e. The van der Waals surface area contributed by atoms with Gasteiger partial charge in [0.05, 0.1) is 17.3 Å². The van der Waals surface area contributed by atoms with Crippen LogP contribution < -0.4 is 5.32 Å². The SMILES string of the molecule is Cc1ccc(C(=O)Nc2ccc(C#N)cc2F)c(C)c1. The number of nitriles is 1. The molecule has 0 radical (unpaired) electrons. The highest BCUT2D eigenvalue weighted by Gasteiger charge is 2.12. The smallest absolute Gasteiger partial charge is 0.256 e. The van der Waals surface area contributed by atoms with E-state index in [9.17, 15) is 9.18 Å². The number of amides is 1. The molecule has 4 heteroatoms. The molecule has 20 heavy (non-hydrogen) atoms. The van der Waals surface area contributed by atoms with Crippen molar-refractivity contribution in [3.05, 3.63) is 64.5 Å². The van der Waals surface area contributed by atoms with Gasteiger partial charge in [0.2, 0.25) is 0 Å². The van der Waals surface area contributed by atoms with Crippen molar-refractivity contribution in [1.82, 2.24) is 0 Å². The van der Waals surface area contributed by atoms with Crippen LogP contribution in [0.3, 0.4) is 0 Å². The zero-order valence-corrected chi connectivity index (χ0v) is 11.2. The molecule has 0 aliphatic carbocycles. The van der Waals surface area contributed by atoms with E-state index in [1.807, 2.05) is 32.0 Å². The van der Waals surface area contributed by atoms with E-state index in [0.717, 1.165) is 17.2 Å². The Kier molecular flexibility index (Phi) is 3.81. The predicted octanol–water partition coefficient (Wildman–Crippen LogP) is 3.57. The molecular formula is C16H13FN2O. The first-order valence-corrected chi connectivity index (χ1v) is 6.09. The van der Waals surface area contributed by atoms with Gasteiger partial charge in [-0.15, -0.1) is 0 Å². The number of carbonyl (C=O) groups is 1. The summed E-state index contributed by atoms with van der Waals surface area (Å²) in [5.41, 5.74) is 2.67. The lowest BCUT2D eigenvalue weighted by molar-refractivity contribution is 0.102.